The fourth-order valence-corrected chi connectivity index (χ4v) is 1.31. The molecular formula is C11H11ClO3. The largest absolute Gasteiger partial charge is 0.493 e. The van der Waals surface area contributed by atoms with Gasteiger partial charge in [0, 0.05) is 10.6 Å². The van der Waals surface area contributed by atoms with Crippen molar-refractivity contribution in [3.8, 4) is 5.75 Å². The number of benzene rings is 1. The lowest BCUT2D eigenvalue weighted by molar-refractivity contribution is -0.130. The van der Waals surface area contributed by atoms with E-state index in [1.165, 1.54) is 6.07 Å². The minimum absolute atomic E-state index is 0.0269. The molecule has 0 spiro atoms. The Morgan fingerprint density at radius 3 is 2.80 bits per heavy atom. The topological polar surface area (TPSA) is 46.5 Å². The Morgan fingerprint density at radius 1 is 1.60 bits per heavy atom. The summed E-state index contributed by atoms with van der Waals surface area (Å²) in [5.41, 5.74) is 0.387. The third kappa shape index (κ3) is 2.73. The van der Waals surface area contributed by atoms with E-state index < -0.39 is 5.97 Å². The maximum atomic E-state index is 10.8. The number of carbonyl (C=O) groups is 1. The summed E-state index contributed by atoms with van der Waals surface area (Å²) in [6, 6.07) is 4.81. The molecule has 3 nitrogen and oxygen atoms in total. The predicted molar refractivity (Wildman–Crippen MR) is 59.3 cm³/mol. The number of hydrogen-bond acceptors (Lipinski definition) is 2. The molecule has 0 aromatic heterocycles. The van der Waals surface area contributed by atoms with Gasteiger partial charge in [-0.3, -0.25) is 0 Å². The van der Waals surface area contributed by atoms with Gasteiger partial charge in [-0.15, -0.1) is 0 Å². The highest BCUT2D eigenvalue weighted by atomic mass is 35.5. The van der Waals surface area contributed by atoms with Crippen molar-refractivity contribution in [2.45, 2.75) is 6.92 Å². The maximum absolute atomic E-state index is 10.8. The number of aliphatic carboxylic acids is 1. The predicted octanol–water partition coefficient (Wildman–Crippen LogP) is 2.84. The zero-order chi connectivity index (χ0) is 11.4. The van der Waals surface area contributed by atoms with Crippen LogP contribution in [0.3, 0.4) is 0 Å². The van der Waals surface area contributed by atoms with Gasteiger partial charge in [0.25, 0.3) is 0 Å². The molecule has 0 atom stereocenters. The molecule has 1 aromatic carbocycles. The van der Waals surface area contributed by atoms with Crippen LogP contribution in [0, 0.1) is 0 Å². The van der Waals surface area contributed by atoms with Crippen molar-refractivity contribution in [2.75, 3.05) is 6.61 Å². The summed E-state index contributed by atoms with van der Waals surface area (Å²) in [5.74, 6) is -0.604. The van der Waals surface area contributed by atoms with Crippen LogP contribution in [0.1, 0.15) is 12.5 Å². The van der Waals surface area contributed by atoms with Gasteiger partial charge in [-0.2, -0.15) is 0 Å². The van der Waals surface area contributed by atoms with Crippen LogP contribution in [0.4, 0.5) is 0 Å². The summed E-state index contributed by atoms with van der Waals surface area (Å²) in [7, 11) is 0. The van der Waals surface area contributed by atoms with Crippen molar-refractivity contribution in [1.29, 1.82) is 0 Å². The van der Waals surface area contributed by atoms with Crippen LogP contribution in [0.25, 0.3) is 5.57 Å². The summed E-state index contributed by atoms with van der Waals surface area (Å²) in [4.78, 5) is 10.8. The molecule has 0 unspecified atom stereocenters. The normalized spacial score (nSPS) is 9.73. The quantitative estimate of drug-likeness (QED) is 0.803. The average Bonchev–Trinajstić information content (AvgIpc) is 2.20. The van der Waals surface area contributed by atoms with Crippen LogP contribution in [0.2, 0.25) is 5.02 Å². The molecule has 1 N–H and O–H groups in total. The van der Waals surface area contributed by atoms with Crippen LogP contribution in [-0.2, 0) is 4.79 Å². The number of carboxylic acid groups (broad SMARTS) is 1. The van der Waals surface area contributed by atoms with Crippen molar-refractivity contribution in [2.24, 2.45) is 0 Å². The van der Waals surface area contributed by atoms with Gasteiger partial charge in [0.1, 0.15) is 5.75 Å². The molecule has 1 rings (SSSR count). The second-order valence-electron chi connectivity index (χ2n) is 2.86. The second kappa shape index (κ2) is 4.84. The van der Waals surface area contributed by atoms with Gasteiger partial charge in [-0.25, -0.2) is 4.79 Å². The van der Waals surface area contributed by atoms with Gasteiger partial charge >= 0.3 is 5.97 Å². The fraction of sp³-hybridized carbons (Fsp3) is 0.182. The lowest BCUT2D eigenvalue weighted by Gasteiger charge is -2.10. The summed E-state index contributed by atoms with van der Waals surface area (Å²) >= 11 is 5.78. The molecule has 0 aliphatic heterocycles. The summed E-state index contributed by atoms with van der Waals surface area (Å²) in [6.45, 7) is 5.75. The molecule has 15 heavy (non-hydrogen) atoms. The molecule has 0 fully saturated rings. The van der Waals surface area contributed by atoms with Crippen molar-refractivity contribution in [1.82, 2.24) is 0 Å². The minimum Gasteiger partial charge on any atom is -0.493 e. The second-order valence-corrected chi connectivity index (χ2v) is 3.29. The fourth-order valence-electron chi connectivity index (χ4n) is 1.13. The number of rotatable bonds is 4. The molecule has 0 heterocycles. The summed E-state index contributed by atoms with van der Waals surface area (Å²) in [5, 5.41) is 9.28. The highest BCUT2D eigenvalue weighted by Crippen LogP contribution is 2.28. The Labute approximate surface area is 92.9 Å². The van der Waals surface area contributed by atoms with Crippen LogP contribution in [-0.4, -0.2) is 17.7 Å². The monoisotopic (exact) mass is 226 g/mol. The first-order chi connectivity index (χ1) is 7.06. The van der Waals surface area contributed by atoms with Crippen molar-refractivity contribution in [3.05, 3.63) is 35.4 Å². The highest BCUT2D eigenvalue weighted by Gasteiger charge is 2.13. The zero-order valence-electron chi connectivity index (χ0n) is 8.29. The van der Waals surface area contributed by atoms with E-state index in [4.69, 9.17) is 21.4 Å². The van der Waals surface area contributed by atoms with Crippen molar-refractivity contribution < 1.29 is 14.6 Å². The van der Waals surface area contributed by atoms with E-state index in [1.54, 1.807) is 12.1 Å². The van der Waals surface area contributed by atoms with Gasteiger partial charge in [0.15, 0.2) is 0 Å². The molecule has 0 saturated heterocycles. The Hall–Kier alpha value is -1.48. The van der Waals surface area contributed by atoms with Crippen LogP contribution in [0.15, 0.2) is 24.8 Å². The number of hydrogen-bond donors (Lipinski definition) is 1. The number of ether oxygens (including phenoxy) is 1. The Bertz CT molecular complexity index is 399. The van der Waals surface area contributed by atoms with Crippen LogP contribution < -0.4 is 4.74 Å². The molecule has 0 aliphatic carbocycles. The van der Waals surface area contributed by atoms with E-state index in [2.05, 4.69) is 6.58 Å². The molecule has 80 valence electrons. The van der Waals surface area contributed by atoms with Crippen LogP contribution in [0.5, 0.6) is 5.75 Å². The standard InChI is InChI=1S/C11H11ClO3/c1-3-15-10-5-4-8(12)6-9(10)7(2)11(13)14/h4-6H,2-3H2,1H3,(H,13,14). The van der Waals surface area contributed by atoms with Gasteiger partial charge in [0.2, 0.25) is 0 Å². The number of halogens is 1. The molecular weight excluding hydrogens is 216 g/mol. The average molecular weight is 227 g/mol. The zero-order valence-corrected chi connectivity index (χ0v) is 9.04. The lowest BCUT2D eigenvalue weighted by atomic mass is 10.1. The highest BCUT2D eigenvalue weighted by molar-refractivity contribution is 6.31. The maximum Gasteiger partial charge on any atom is 0.335 e. The molecule has 4 heteroatoms. The van der Waals surface area contributed by atoms with Gasteiger partial charge < -0.3 is 9.84 Å². The third-order valence-corrected chi connectivity index (χ3v) is 2.06. The van der Waals surface area contributed by atoms with Crippen LogP contribution >= 0.6 is 11.6 Å². The number of carboxylic acids is 1. The lowest BCUT2D eigenvalue weighted by Crippen LogP contribution is -2.02. The molecule has 0 amide bonds. The van der Waals surface area contributed by atoms with Gasteiger partial charge in [0.05, 0.1) is 12.2 Å². The SMILES string of the molecule is C=C(C(=O)O)c1cc(Cl)ccc1OCC. The molecule has 0 aliphatic rings. The van der Waals surface area contributed by atoms with E-state index in [-0.39, 0.29) is 5.57 Å². The molecule has 1 aromatic rings. The first-order valence-electron chi connectivity index (χ1n) is 4.41. The van der Waals surface area contributed by atoms with E-state index in [0.717, 1.165) is 0 Å². The van der Waals surface area contributed by atoms with E-state index in [9.17, 15) is 4.79 Å². The van der Waals surface area contributed by atoms with E-state index >= 15 is 0 Å². The molecule has 0 bridgehead atoms. The van der Waals surface area contributed by atoms with Gasteiger partial charge in [-0.05, 0) is 25.1 Å². The molecule has 0 radical (unpaired) electrons. The van der Waals surface area contributed by atoms with E-state index in [0.29, 0.717) is 22.9 Å². The first kappa shape index (κ1) is 11.6. The molecule has 0 saturated carbocycles. The smallest absolute Gasteiger partial charge is 0.335 e. The Balaban J connectivity index is 3.17. The Morgan fingerprint density at radius 2 is 2.27 bits per heavy atom. The third-order valence-electron chi connectivity index (χ3n) is 1.82. The Kier molecular flexibility index (Phi) is 3.74. The van der Waals surface area contributed by atoms with Crippen molar-refractivity contribution in [3.63, 3.8) is 0 Å². The minimum atomic E-state index is -1.08. The van der Waals surface area contributed by atoms with Crippen molar-refractivity contribution >= 4 is 23.1 Å². The first-order valence-corrected chi connectivity index (χ1v) is 4.79. The summed E-state index contributed by atoms with van der Waals surface area (Å²) < 4.78 is 5.28. The summed E-state index contributed by atoms with van der Waals surface area (Å²) in [6.07, 6.45) is 0. The van der Waals surface area contributed by atoms with E-state index in [1.807, 2.05) is 6.92 Å². The van der Waals surface area contributed by atoms with Gasteiger partial charge in [-0.1, -0.05) is 18.2 Å².